The van der Waals surface area contributed by atoms with E-state index in [1.807, 2.05) is 0 Å². The molecule has 3 N–H and O–H groups in total. The summed E-state index contributed by atoms with van der Waals surface area (Å²) in [5, 5.41) is 9.61. The molecular weight excluding hydrogens is 222 g/mol. The quantitative estimate of drug-likeness (QED) is 0.643. The lowest BCUT2D eigenvalue weighted by molar-refractivity contribution is -0.120. The fourth-order valence-electron chi connectivity index (χ4n) is 1.90. The SMILES string of the molecule is CNC(=O)CCNC(=S)NC1CCCCC1. The van der Waals surface area contributed by atoms with Crippen LogP contribution in [0.1, 0.15) is 38.5 Å². The normalized spacial score (nSPS) is 16.6. The highest BCUT2D eigenvalue weighted by molar-refractivity contribution is 7.80. The highest BCUT2D eigenvalue weighted by atomic mass is 32.1. The second-order valence-electron chi connectivity index (χ2n) is 4.16. The van der Waals surface area contributed by atoms with Crippen molar-refractivity contribution in [2.24, 2.45) is 0 Å². The smallest absolute Gasteiger partial charge is 0.221 e. The first-order valence-corrected chi connectivity index (χ1v) is 6.38. The molecule has 92 valence electrons. The van der Waals surface area contributed by atoms with Gasteiger partial charge >= 0.3 is 0 Å². The molecule has 5 heteroatoms. The van der Waals surface area contributed by atoms with E-state index >= 15 is 0 Å². The van der Waals surface area contributed by atoms with E-state index in [-0.39, 0.29) is 5.91 Å². The molecule has 0 spiro atoms. The fourth-order valence-corrected chi connectivity index (χ4v) is 2.17. The molecule has 0 atom stereocenters. The van der Waals surface area contributed by atoms with Gasteiger partial charge in [0.05, 0.1) is 0 Å². The number of hydrogen-bond acceptors (Lipinski definition) is 2. The third-order valence-electron chi connectivity index (χ3n) is 2.86. The minimum Gasteiger partial charge on any atom is -0.362 e. The Hall–Kier alpha value is -0.840. The summed E-state index contributed by atoms with van der Waals surface area (Å²) < 4.78 is 0. The molecule has 4 nitrogen and oxygen atoms in total. The summed E-state index contributed by atoms with van der Waals surface area (Å²) in [5.74, 6) is 0.0352. The van der Waals surface area contributed by atoms with E-state index in [9.17, 15) is 4.79 Å². The Labute approximate surface area is 103 Å². The van der Waals surface area contributed by atoms with Crippen molar-refractivity contribution in [2.75, 3.05) is 13.6 Å². The summed E-state index contributed by atoms with van der Waals surface area (Å²) in [5.41, 5.74) is 0. The lowest BCUT2D eigenvalue weighted by atomic mass is 9.96. The van der Waals surface area contributed by atoms with E-state index in [1.54, 1.807) is 7.05 Å². The Kier molecular flexibility index (Phi) is 6.15. The van der Waals surface area contributed by atoms with Crippen molar-refractivity contribution in [1.82, 2.24) is 16.0 Å². The maximum atomic E-state index is 11.0. The van der Waals surface area contributed by atoms with Crippen molar-refractivity contribution >= 4 is 23.2 Å². The van der Waals surface area contributed by atoms with Crippen molar-refractivity contribution in [3.05, 3.63) is 0 Å². The van der Waals surface area contributed by atoms with E-state index in [4.69, 9.17) is 12.2 Å². The van der Waals surface area contributed by atoms with Gasteiger partial charge in [0.15, 0.2) is 5.11 Å². The van der Waals surface area contributed by atoms with Crippen molar-refractivity contribution in [3.8, 4) is 0 Å². The van der Waals surface area contributed by atoms with Gasteiger partial charge in [-0.3, -0.25) is 4.79 Å². The van der Waals surface area contributed by atoms with Crippen LogP contribution in [0.3, 0.4) is 0 Å². The topological polar surface area (TPSA) is 53.2 Å². The number of thiocarbonyl (C=S) groups is 1. The van der Waals surface area contributed by atoms with Crippen molar-refractivity contribution < 1.29 is 4.79 Å². The van der Waals surface area contributed by atoms with Crippen molar-refractivity contribution in [1.29, 1.82) is 0 Å². The summed E-state index contributed by atoms with van der Waals surface area (Å²) in [7, 11) is 1.64. The number of rotatable bonds is 4. The molecule has 1 aliphatic carbocycles. The van der Waals surface area contributed by atoms with Gasteiger partial charge in [-0.2, -0.15) is 0 Å². The third kappa shape index (κ3) is 5.30. The summed E-state index contributed by atoms with van der Waals surface area (Å²) in [6.07, 6.45) is 6.80. The number of nitrogens with one attached hydrogen (secondary N) is 3. The Morgan fingerprint density at radius 3 is 2.62 bits per heavy atom. The monoisotopic (exact) mass is 243 g/mol. The van der Waals surface area contributed by atoms with Gasteiger partial charge in [0.2, 0.25) is 5.91 Å². The van der Waals surface area contributed by atoms with Crippen LogP contribution in [0.2, 0.25) is 0 Å². The van der Waals surface area contributed by atoms with Gasteiger partial charge in [0, 0.05) is 26.1 Å². The van der Waals surface area contributed by atoms with E-state index < -0.39 is 0 Å². The van der Waals surface area contributed by atoms with Crippen LogP contribution in [0.4, 0.5) is 0 Å². The van der Waals surface area contributed by atoms with Crippen LogP contribution in [0.15, 0.2) is 0 Å². The van der Waals surface area contributed by atoms with E-state index in [0.717, 1.165) is 0 Å². The van der Waals surface area contributed by atoms with Crippen molar-refractivity contribution in [3.63, 3.8) is 0 Å². The van der Waals surface area contributed by atoms with Crippen LogP contribution in [0, 0.1) is 0 Å². The summed E-state index contributed by atoms with van der Waals surface area (Å²) in [4.78, 5) is 11.0. The van der Waals surface area contributed by atoms with Gasteiger partial charge in [0.25, 0.3) is 0 Å². The van der Waals surface area contributed by atoms with Gasteiger partial charge in [-0.25, -0.2) is 0 Å². The van der Waals surface area contributed by atoms with E-state index in [1.165, 1.54) is 32.1 Å². The molecule has 1 saturated carbocycles. The molecule has 1 fully saturated rings. The molecule has 16 heavy (non-hydrogen) atoms. The van der Waals surface area contributed by atoms with Crippen LogP contribution >= 0.6 is 12.2 Å². The average Bonchev–Trinajstić information content (AvgIpc) is 2.30. The second-order valence-corrected chi connectivity index (χ2v) is 4.57. The predicted octanol–water partition coefficient (Wildman–Crippen LogP) is 0.919. The first-order valence-electron chi connectivity index (χ1n) is 5.97. The Morgan fingerprint density at radius 2 is 2.00 bits per heavy atom. The lowest BCUT2D eigenvalue weighted by Crippen LogP contribution is -2.43. The Bertz CT molecular complexity index is 239. The zero-order valence-electron chi connectivity index (χ0n) is 9.84. The Balaban J connectivity index is 2.08. The molecule has 0 bridgehead atoms. The molecule has 0 heterocycles. The van der Waals surface area contributed by atoms with E-state index in [0.29, 0.717) is 24.1 Å². The number of hydrogen-bond donors (Lipinski definition) is 3. The second kappa shape index (κ2) is 7.44. The van der Waals surface area contributed by atoms with E-state index in [2.05, 4.69) is 16.0 Å². The highest BCUT2D eigenvalue weighted by Gasteiger charge is 2.13. The minimum atomic E-state index is 0.0352. The van der Waals surface area contributed by atoms with Crippen LogP contribution in [-0.4, -0.2) is 30.7 Å². The van der Waals surface area contributed by atoms with Crippen LogP contribution in [0.5, 0.6) is 0 Å². The molecule has 1 aliphatic rings. The average molecular weight is 243 g/mol. The standard InChI is InChI=1S/C11H21N3OS/c1-12-10(15)7-8-13-11(16)14-9-5-3-2-4-6-9/h9H,2-8H2,1H3,(H,12,15)(H2,13,14,16). The number of amides is 1. The molecule has 1 amide bonds. The van der Waals surface area contributed by atoms with Gasteiger partial charge in [-0.05, 0) is 25.1 Å². The molecule has 0 aliphatic heterocycles. The summed E-state index contributed by atoms with van der Waals surface area (Å²) >= 11 is 5.17. The van der Waals surface area contributed by atoms with Crippen LogP contribution in [-0.2, 0) is 4.79 Å². The summed E-state index contributed by atoms with van der Waals surface area (Å²) in [6, 6.07) is 0.522. The molecule has 1 rings (SSSR count). The maximum absolute atomic E-state index is 11.0. The van der Waals surface area contributed by atoms with Gasteiger partial charge in [-0.15, -0.1) is 0 Å². The molecule has 0 unspecified atom stereocenters. The van der Waals surface area contributed by atoms with Gasteiger partial charge in [-0.1, -0.05) is 19.3 Å². The first kappa shape index (κ1) is 13.2. The molecule has 0 radical (unpaired) electrons. The van der Waals surface area contributed by atoms with Gasteiger partial charge in [0.1, 0.15) is 0 Å². The number of carbonyl (C=O) groups is 1. The predicted molar refractivity (Wildman–Crippen MR) is 69.3 cm³/mol. The third-order valence-corrected chi connectivity index (χ3v) is 3.12. The lowest BCUT2D eigenvalue weighted by Gasteiger charge is -2.24. The molecule has 0 saturated heterocycles. The highest BCUT2D eigenvalue weighted by Crippen LogP contribution is 2.17. The van der Waals surface area contributed by atoms with Crippen LogP contribution in [0.25, 0.3) is 0 Å². The molecule has 0 aromatic heterocycles. The van der Waals surface area contributed by atoms with Gasteiger partial charge < -0.3 is 16.0 Å². The number of carbonyl (C=O) groups excluding carboxylic acids is 1. The maximum Gasteiger partial charge on any atom is 0.221 e. The zero-order valence-corrected chi connectivity index (χ0v) is 10.7. The summed E-state index contributed by atoms with van der Waals surface area (Å²) in [6.45, 7) is 0.595. The minimum absolute atomic E-state index is 0.0352. The fraction of sp³-hybridized carbons (Fsp3) is 0.818. The molecular formula is C11H21N3OS. The first-order chi connectivity index (χ1) is 7.72. The Morgan fingerprint density at radius 1 is 1.31 bits per heavy atom. The molecule has 0 aromatic rings. The van der Waals surface area contributed by atoms with Crippen LogP contribution < -0.4 is 16.0 Å². The zero-order chi connectivity index (χ0) is 11.8. The largest absolute Gasteiger partial charge is 0.362 e. The molecule has 0 aromatic carbocycles. The van der Waals surface area contributed by atoms with Crippen molar-refractivity contribution in [2.45, 2.75) is 44.6 Å².